The van der Waals surface area contributed by atoms with Crippen LogP contribution in [0, 0.1) is 0 Å². The Labute approximate surface area is 173 Å². The van der Waals surface area contributed by atoms with Crippen molar-refractivity contribution in [1.82, 2.24) is 9.88 Å². The number of carbonyl (C=O) groups excluding carboxylic acids is 1. The average Bonchev–Trinajstić information content (AvgIpc) is 3.38. The Morgan fingerprint density at radius 2 is 2.04 bits per heavy atom. The predicted octanol–water partition coefficient (Wildman–Crippen LogP) is 4.75. The van der Waals surface area contributed by atoms with Crippen LogP contribution in [-0.4, -0.2) is 49.1 Å². The fourth-order valence-corrected chi connectivity index (χ4v) is 4.44. The molecule has 3 rings (SSSR count). The van der Waals surface area contributed by atoms with Crippen molar-refractivity contribution in [2.45, 2.75) is 13.8 Å². The van der Waals surface area contributed by atoms with Crippen molar-refractivity contribution in [3.8, 4) is 5.75 Å². The lowest BCUT2D eigenvalue weighted by Gasteiger charge is -2.23. The van der Waals surface area contributed by atoms with Gasteiger partial charge in [-0.25, -0.2) is 4.98 Å². The summed E-state index contributed by atoms with van der Waals surface area (Å²) in [5, 5.41) is 2.72. The molecular weight excluding hydrogens is 390 g/mol. The zero-order chi connectivity index (χ0) is 19.9. The second kappa shape index (κ2) is 9.82. The molecule has 0 atom stereocenters. The van der Waals surface area contributed by atoms with E-state index in [4.69, 9.17) is 9.72 Å². The van der Waals surface area contributed by atoms with Crippen LogP contribution in [0.5, 0.6) is 5.75 Å². The number of anilines is 1. The molecule has 0 unspecified atom stereocenters. The van der Waals surface area contributed by atoms with Crippen LogP contribution in [-0.2, 0) is 4.79 Å². The minimum absolute atomic E-state index is 0.0495. The minimum Gasteiger partial charge on any atom is -0.497 e. The first-order chi connectivity index (χ1) is 13.6. The van der Waals surface area contributed by atoms with Gasteiger partial charge >= 0.3 is 0 Å². The van der Waals surface area contributed by atoms with Gasteiger partial charge in [0.2, 0.25) is 0 Å². The van der Waals surface area contributed by atoms with E-state index in [0.29, 0.717) is 6.54 Å². The van der Waals surface area contributed by atoms with Crippen LogP contribution in [0.15, 0.2) is 41.8 Å². The van der Waals surface area contributed by atoms with Gasteiger partial charge in [-0.1, -0.05) is 31.3 Å². The SMILES string of the molecule is CCN(CC)CCN(C(=O)/C=C/c1cccs1)c1nc2cc(OC)ccc2s1. The normalized spacial score (nSPS) is 11.6. The Morgan fingerprint density at radius 1 is 1.21 bits per heavy atom. The van der Waals surface area contributed by atoms with Gasteiger partial charge in [-0.05, 0) is 42.7 Å². The largest absolute Gasteiger partial charge is 0.497 e. The molecule has 148 valence electrons. The molecular formula is C21H25N3O2S2. The van der Waals surface area contributed by atoms with Crippen LogP contribution in [0.3, 0.4) is 0 Å². The highest BCUT2D eigenvalue weighted by Gasteiger charge is 2.19. The van der Waals surface area contributed by atoms with Crippen LogP contribution in [0.2, 0.25) is 0 Å². The first kappa shape index (κ1) is 20.5. The molecule has 0 saturated heterocycles. The lowest BCUT2D eigenvalue weighted by molar-refractivity contribution is -0.114. The topological polar surface area (TPSA) is 45.7 Å². The van der Waals surface area contributed by atoms with Crippen molar-refractivity contribution < 1.29 is 9.53 Å². The minimum atomic E-state index is -0.0495. The molecule has 1 amide bonds. The van der Waals surface area contributed by atoms with E-state index >= 15 is 0 Å². The highest BCUT2D eigenvalue weighted by atomic mass is 32.1. The summed E-state index contributed by atoms with van der Waals surface area (Å²) >= 11 is 3.14. The molecule has 0 bridgehead atoms. The fraction of sp³-hybridized carbons (Fsp3) is 0.333. The summed E-state index contributed by atoms with van der Waals surface area (Å²) in [5.74, 6) is 0.717. The number of aromatic nitrogens is 1. The van der Waals surface area contributed by atoms with Gasteiger partial charge in [-0.2, -0.15) is 0 Å². The van der Waals surface area contributed by atoms with Crippen molar-refractivity contribution >= 4 is 50.0 Å². The summed E-state index contributed by atoms with van der Waals surface area (Å²) in [4.78, 5) is 22.9. The molecule has 2 aromatic heterocycles. The van der Waals surface area contributed by atoms with E-state index in [1.54, 1.807) is 29.4 Å². The van der Waals surface area contributed by atoms with E-state index in [1.807, 2.05) is 41.8 Å². The van der Waals surface area contributed by atoms with Crippen molar-refractivity contribution in [2.75, 3.05) is 38.2 Å². The lowest BCUT2D eigenvalue weighted by atomic mass is 10.3. The highest BCUT2D eigenvalue weighted by molar-refractivity contribution is 7.22. The highest BCUT2D eigenvalue weighted by Crippen LogP contribution is 2.31. The number of hydrogen-bond acceptors (Lipinski definition) is 6. The molecule has 5 nitrogen and oxygen atoms in total. The van der Waals surface area contributed by atoms with E-state index in [-0.39, 0.29) is 5.91 Å². The van der Waals surface area contributed by atoms with Crippen molar-refractivity contribution in [1.29, 1.82) is 0 Å². The molecule has 2 heterocycles. The maximum absolute atomic E-state index is 13.0. The number of fused-ring (bicyclic) bond motifs is 1. The third-order valence-electron chi connectivity index (χ3n) is 4.55. The fourth-order valence-electron chi connectivity index (χ4n) is 2.85. The smallest absolute Gasteiger partial charge is 0.252 e. The first-order valence-corrected chi connectivity index (χ1v) is 11.0. The molecule has 3 aromatic rings. The van der Waals surface area contributed by atoms with Gasteiger partial charge in [0.05, 0.1) is 17.3 Å². The van der Waals surface area contributed by atoms with Crippen LogP contribution >= 0.6 is 22.7 Å². The number of methoxy groups -OCH3 is 1. The molecule has 0 saturated carbocycles. The predicted molar refractivity (Wildman–Crippen MR) is 120 cm³/mol. The van der Waals surface area contributed by atoms with Gasteiger partial charge in [-0.15, -0.1) is 11.3 Å². The molecule has 0 aliphatic rings. The Hall–Kier alpha value is -2.22. The standard InChI is InChI=1S/C21H25N3O2S2/c1-4-23(5-2)12-13-24(20(25)11-9-17-7-6-14-27-17)21-22-18-15-16(26-3)8-10-19(18)28-21/h6-11,14-15H,4-5,12-13H2,1-3H3/b11-9+. The van der Waals surface area contributed by atoms with Gasteiger partial charge in [0, 0.05) is 30.1 Å². The van der Waals surface area contributed by atoms with E-state index < -0.39 is 0 Å². The van der Waals surface area contributed by atoms with Crippen LogP contribution in [0.1, 0.15) is 18.7 Å². The summed E-state index contributed by atoms with van der Waals surface area (Å²) < 4.78 is 6.34. The maximum atomic E-state index is 13.0. The number of nitrogens with zero attached hydrogens (tertiary/aromatic N) is 3. The number of hydrogen-bond donors (Lipinski definition) is 0. The molecule has 0 aliphatic carbocycles. The molecule has 0 N–H and O–H groups in total. The van der Waals surface area contributed by atoms with Crippen LogP contribution < -0.4 is 9.64 Å². The molecule has 0 fully saturated rings. The van der Waals surface area contributed by atoms with Gasteiger partial charge in [0.15, 0.2) is 5.13 Å². The van der Waals surface area contributed by atoms with Gasteiger partial charge in [0.1, 0.15) is 5.75 Å². The van der Waals surface area contributed by atoms with E-state index in [1.165, 1.54) is 11.3 Å². The number of likely N-dealkylation sites (N-methyl/N-ethyl adjacent to an activating group) is 1. The average molecular weight is 416 g/mol. The Balaban J connectivity index is 1.87. The van der Waals surface area contributed by atoms with Crippen LogP contribution in [0.25, 0.3) is 16.3 Å². The quantitative estimate of drug-likeness (QED) is 0.473. The Kier molecular flexibility index (Phi) is 7.19. The monoisotopic (exact) mass is 415 g/mol. The zero-order valence-electron chi connectivity index (χ0n) is 16.4. The molecule has 0 aliphatic heterocycles. The van der Waals surface area contributed by atoms with E-state index in [9.17, 15) is 4.79 Å². The van der Waals surface area contributed by atoms with Crippen molar-refractivity contribution in [3.05, 3.63) is 46.7 Å². The third kappa shape index (κ3) is 4.98. The van der Waals surface area contributed by atoms with Gasteiger partial charge in [-0.3, -0.25) is 9.69 Å². The van der Waals surface area contributed by atoms with Crippen molar-refractivity contribution in [3.63, 3.8) is 0 Å². The number of thiophene rings is 1. The van der Waals surface area contributed by atoms with Gasteiger partial charge in [0.25, 0.3) is 5.91 Å². The summed E-state index contributed by atoms with van der Waals surface area (Å²) in [5.41, 5.74) is 0.849. The summed E-state index contributed by atoms with van der Waals surface area (Å²) in [6.45, 7) is 7.60. The summed E-state index contributed by atoms with van der Waals surface area (Å²) in [6.07, 6.45) is 3.51. The second-order valence-corrected chi connectivity index (χ2v) is 8.18. The Morgan fingerprint density at radius 3 is 2.71 bits per heavy atom. The number of rotatable bonds is 9. The molecule has 1 aromatic carbocycles. The number of thiazole rings is 1. The molecule has 7 heteroatoms. The molecule has 28 heavy (non-hydrogen) atoms. The van der Waals surface area contributed by atoms with Gasteiger partial charge < -0.3 is 9.64 Å². The summed E-state index contributed by atoms with van der Waals surface area (Å²) in [6, 6.07) is 9.79. The number of carbonyl (C=O) groups is 1. The van der Waals surface area contributed by atoms with E-state index in [0.717, 1.165) is 45.6 Å². The van der Waals surface area contributed by atoms with Crippen LogP contribution in [0.4, 0.5) is 5.13 Å². The Bertz CT molecular complexity index is 930. The number of benzene rings is 1. The third-order valence-corrected chi connectivity index (χ3v) is 6.44. The number of amides is 1. The number of ether oxygens (including phenoxy) is 1. The lowest BCUT2D eigenvalue weighted by Crippen LogP contribution is -2.38. The molecule has 0 radical (unpaired) electrons. The second-order valence-electron chi connectivity index (χ2n) is 6.20. The first-order valence-electron chi connectivity index (χ1n) is 9.34. The van der Waals surface area contributed by atoms with E-state index in [2.05, 4.69) is 18.7 Å². The molecule has 0 spiro atoms. The zero-order valence-corrected chi connectivity index (χ0v) is 18.1. The van der Waals surface area contributed by atoms with Crippen molar-refractivity contribution in [2.24, 2.45) is 0 Å². The maximum Gasteiger partial charge on any atom is 0.252 e. The summed E-state index contributed by atoms with van der Waals surface area (Å²) in [7, 11) is 1.64.